The predicted molar refractivity (Wildman–Crippen MR) is 98.3 cm³/mol. The standard InChI is InChI=1S/C21H16O7/c22-12-8-13-18(14(23)9-12)15(24)10-16-19(13)20(11-4-2-1-3-5-11)21(27,28-16)7-6-17(25)26/h1-5,8-10,22-23,27H,6-7H2,(H,25,26). The van der Waals surface area contributed by atoms with E-state index in [1.165, 1.54) is 6.07 Å². The maximum absolute atomic E-state index is 12.5. The number of carboxylic acid groups (broad SMARTS) is 1. The lowest BCUT2D eigenvalue weighted by Crippen LogP contribution is -2.30. The molecular weight excluding hydrogens is 364 g/mol. The molecule has 0 bridgehead atoms. The lowest BCUT2D eigenvalue weighted by molar-refractivity contribution is -0.146. The van der Waals surface area contributed by atoms with E-state index in [2.05, 4.69) is 0 Å². The molecule has 0 aromatic heterocycles. The van der Waals surface area contributed by atoms with Crippen LogP contribution in [0.2, 0.25) is 0 Å². The van der Waals surface area contributed by atoms with Crippen molar-refractivity contribution in [2.75, 3.05) is 0 Å². The van der Waals surface area contributed by atoms with Crippen LogP contribution >= 0.6 is 0 Å². The van der Waals surface area contributed by atoms with Crippen LogP contribution in [0.25, 0.3) is 11.1 Å². The summed E-state index contributed by atoms with van der Waals surface area (Å²) < 4.78 is 5.67. The maximum atomic E-state index is 12.5. The zero-order chi connectivity index (χ0) is 20.1. The average Bonchev–Trinajstić information content (AvgIpc) is 2.92. The van der Waals surface area contributed by atoms with Gasteiger partial charge < -0.3 is 25.2 Å². The minimum absolute atomic E-state index is 0.0175. The molecule has 28 heavy (non-hydrogen) atoms. The minimum atomic E-state index is -1.98. The predicted octanol–water partition coefficient (Wildman–Crippen LogP) is 2.67. The number of carbonyl (C=O) groups excluding carboxylic acids is 1. The number of aliphatic hydroxyl groups is 1. The molecular formula is C21H16O7. The highest BCUT2D eigenvalue weighted by molar-refractivity contribution is 6.19. The molecule has 7 nitrogen and oxygen atoms in total. The van der Waals surface area contributed by atoms with Crippen LogP contribution in [0.15, 0.2) is 54.3 Å². The van der Waals surface area contributed by atoms with E-state index in [0.29, 0.717) is 11.1 Å². The molecule has 2 aliphatic rings. The van der Waals surface area contributed by atoms with Gasteiger partial charge in [0.1, 0.15) is 17.3 Å². The highest BCUT2D eigenvalue weighted by atomic mass is 16.6. The van der Waals surface area contributed by atoms with Gasteiger partial charge in [0.2, 0.25) is 5.79 Å². The highest BCUT2D eigenvalue weighted by Crippen LogP contribution is 2.53. The smallest absolute Gasteiger partial charge is 0.303 e. The van der Waals surface area contributed by atoms with E-state index in [0.717, 1.165) is 12.1 Å². The summed E-state index contributed by atoms with van der Waals surface area (Å²) in [5.74, 6) is -4.22. The van der Waals surface area contributed by atoms with Crippen LogP contribution < -0.4 is 0 Å². The molecule has 4 N–H and O–H groups in total. The number of carboxylic acids is 1. The molecule has 0 saturated heterocycles. The Kier molecular flexibility index (Phi) is 3.97. The van der Waals surface area contributed by atoms with E-state index in [4.69, 9.17) is 9.84 Å². The first-order valence-corrected chi connectivity index (χ1v) is 8.56. The Morgan fingerprint density at radius 1 is 1.11 bits per heavy atom. The molecule has 4 rings (SSSR count). The summed E-state index contributed by atoms with van der Waals surface area (Å²) in [4.78, 5) is 23.6. The molecule has 0 fully saturated rings. The van der Waals surface area contributed by atoms with Crippen LogP contribution in [0, 0.1) is 0 Å². The molecule has 1 atom stereocenters. The quantitative estimate of drug-likeness (QED) is 0.643. The SMILES string of the molecule is O=C(O)CCC1(O)OC2=CC(=O)c3c(O)cc(O)cc3C2=C1c1ccccc1. The van der Waals surface area contributed by atoms with Gasteiger partial charge in [0, 0.05) is 35.3 Å². The number of phenols is 2. The Hall–Kier alpha value is -3.58. The average molecular weight is 380 g/mol. The number of phenolic OH excluding ortho intramolecular Hbond substituents is 2. The van der Waals surface area contributed by atoms with Gasteiger partial charge in [-0.25, -0.2) is 0 Å². The normalized spacial score (nSPS) is 20.3. The number of carbonyl (C=O) groups is 2. The van der Waals surface area contributed by atoms with Gasteiger partial charge in [-0.1, -0.05) is 30.3 Å². The van der Waals surface area contributed by atoms with Crippen LogP contribution in [0.3, 0.4) is 0 Å². The fourth-order valence-electron chi connectivity index (χ4n) is 3.66. The van der Waals surface area contributed by atoms with Crippen LogP contribution in [0.1, 0.15) is 34.3 Å². The zero-order valence-electron chi connectivity index (χ0n) is 14.5. The van der Waals surface area contributed by atoms with Gasteiger partial charge in [-0.05, 0) is 11.6 Å². The molecule has 1 unspecified atom stereocenters. The Morgan fingerprint density at radius 2 is 1.82 bits per heavy atom. The van der Waals surface area contributed by atoms with Gasteiger partial charge in [-0.15, -0.1) is 0 Å². The lowest BCUT2D eigenvalue weighted by Gasteiger charge is -2.25. The monoisotopic (exact) mass is 380 g/mol. The van der Waals surface area contributed by atoms with Gasteiger partial charge in [0.05, 0.1) is 12.0 Å². The number of ketones is 1. The van der Waals surface area contributed by atoms with E-state index in [-0.39, 0.29) is 41.1 Å². The third-order valence-corrected chi connectivity index (χ3v) is 4.79. The summed E-state index contributed by atoms with van der Waals surface area (Å²) in [6, 6.07) is 11.1. The van der Waals surface area contributed by atoms with Crippen molar-refractivity contribution in [1.82, 2.24) is 0 Å². The molecule has 0 amide bonds. The number of benzene rings is 2. The van der Waals surface area contributed by atoms with Crippen LogP contribution in [0.4, 0.5) is 0 Å². The third-order valence-electron chi connectivity index (χ3n) is 4.79. The number of rotatable bonds is 4. The fraction of sp³-hybridized carbons (Fsp3) is 0.143. The van der Waals surface area contributed by atoms with Gasteiger partial charge in [-0.3, -0.25) is 9.59 Å². The number of hydrogen-bond acceptors (Lipinski definition) is 6. The van der Waals surface area contributed by atoms with Gasteiger partial charge in [0.25, 0.3) is 0 Å². The largest absolute Gasteiger partial charge is 0.508 e. The first kappa shape index (κ1) is 17.8. The fourth-order valence-corrected chi connectivity index (χ4v) is 3.66. The molecule has 0 spiro atoms. The first-order valence-electron chi connectivity index (χ1n) is 8.56. The summed E-state index contributed by atoms with van der Waals surface area (Å²) in [5.41, 5.74) is 1.37. The van der Waals surface area contributed by atoms with Gasteiger partial charge in [-0.2, -0.15) is 0 Å². The summed E-state index contributed by atoms with van der Waals surface area (Å²) in [6.45, 7) is 0. The first-order chi connectivity index (χ1) is 13.3. The van der Waals surface area contributed by atoms with Crippen molar-refractivity contribution >= 4 is 22.9 Å². The van der Waals surface area contributed by atoms with Crippen molar-refractivity contribution in [3.05, 3.63) is 71.0 Å². The number of aromatic hydroxyl groups is 2. The zero-order valence-corrected chi connectivity index (χ0v) is 14.5. The second kappa shape index (κ2) is 6.24. The molecule has 1 aliphatic heterocycles. The van der Waals surface area contributed by atoms with Crippen LogP contribution in [-0.4, -0.2) is 38.0 Å². The number of hydrogen-bond donors (Lipinski definition) is 4. The Bertz CT molecular complexity index is 1070. The molecule has 7 heteroatoms. The number of fused-ring (bicyclic) bond motifs is 3. The third kappa shape index (κ3) is 2.73. The minimum Gasteiger partial charge on any atom is -0.508 e. The second-order valence-electron chi connectivity index (χ2n) is 6.66. The van der Waals surface area contributed by atoms with E-state index in [1.807, 2.05) is 0 Å². The topological polar surface area (TPSA) is 124 Å². The van der Waals surface area contributed by atoms with Crippen LogP contribution in [-0.2, 0) is 9.53 Å². The molecule has 2 aromatic carbocycles. The van der Waals surface area contributed by atoms with Gasteiger partial charge in [0.15, 0.2) is 5.78 Å². The molecule has 142 valence electrons. The Balaban J connectivity index is 2.02. The molecule has 1 heterocycles. The van der Waals surface area contributed by atoms with Crippen molar-refractivity contribution in [3.8, 4) is 11.5 Å². The number of ether oxygens (including phenoxy) is 1. The summed E-state index contributed by atoms with van der Waals surface area (Å²) in [7, 11) is 0. The highest BCUT2D eigenvalue weighted by Gasteiger charge is 2.47. The van der Waals surface area contributed by atoms with Crippen molar-refractivity contribution < 1.29 is 34.8 Å². The summed E-state index contributed by atoms with van der Waals surface area (Å²) >= 11 is 0. The number of aliphatic carboxylic acids is 1. The summed E-state index contributed by atoms with van der Waals surface area (Å²) in [6.07, 6.45) is 0.539. The molecule has 0 saturated carbocycles. The number of allylic oxidation sites excluding steroid dienone is 2. The van der Waals surface area contributed by atoms with E-state index in [1.54, 1.807) is 30.3 Å². The van der Waals surface area contributed by atoms with E-state index >= 15 is 0 Å². The maximum Gasteiger partial charge on any atom is 0.303 e. The molecule has 2 aromatic rings. The molecule has 0 radical (unpaired) electrons. The van der Waals surface area contributed by atoms with Crippen molar-refractivity contribution in [2.24, 2.45) is 0 Å². The van der Waals surface area contributed by atoms with Gasteiger partial charge >= 0.3 is 5.97 Å². The van der Waals surface area contributed by atoms with E-state index in [9.17, 15) is 24.9 Å². The van der Waals surface area contributed by atoms with E-state index < -0.39 is 23.3 Å². The van der Waals surface area contributed by atoms with Crippen molar-refractivity contribution in [2.45, 2.75) is 18.6 Å². The Morgan fingerprint density at radius 3 is 2.50 bits per heavy atom. The second-order valence-corrected chi connectivity index (χ2v) is 6.66. The Labute approximate surface area is 159 Å². The summed E-state index contributed by atoms with van der Waals surface area (Å²) in [5, 5.41) is 40.4. The van der Waals surface area contributed by atoms with Crippen LogP contribution in [0.5, 0.6) is 11.5 Å². The lowest BCUT2D eigenvalue weighted by atomic mass is 9.83. The molecule has 1 aliphatic carbocycles. The van der Waals surface area contributed by atoms with Crippen molar-refractivity contribution in [1.29, 1.82) is 0 Å². The van der Waals surface area contributed by atoms with Crippen molar-refractivity contribution in [3.63, 3.8) is 0 Å².